The fourth-order valence-electron chi connectivity index (χ4n) is 5.89. The molecule has 6 rings (SSSR count). The number of nitrogens with zero attached hydrogens (tertiary/aromatic N) is 3. The van der Waals surface area contributed by atoms with E-state index in [0.29, 0.717) is 20.6 Å². The first-order valence-electron chi connectivity index (χ1n) is 14.5. The summed E-state index contributed by atoms with van der Waals surface area (Å²) in [6.07, 6.45) is 4.34. The normalized spacial score (nSPS) is 18.7. The molecular formula is C34H35N3O4S. The molecule has 7 nitrogen and oxygen atoms in total. The molecule has 0 radical (unpaired) electrons. The molecule has 0 spiro atoms. The molecule has 4 heterocycles. The highest BCUT2D eigenvalue weighted by molar-refractivity contribution is 7.07. The van der Waals surface area contributed by atoms with Gasteiger partial charge >= 0.3 is 5.97 Å². The number of aromatic nitrogens is 2. The van der Waals surface area contributed by atoms with Crippen molar-refractivity contribution in [1.82, 2.24) is 9.13 Å². The van der Waals surface area contributed by atoms with E-state index in [-0.39, 0.29) is 18.3 Å². The van der Waals surface area contributed by atoms with E-state index >= 15 is 0 Å². The molecule has 1 saturated heterocycles. The summed E-state index contributed by atoms with van der Waals surface area (Å²) in [7, 11) is 0. The van der Waals surface area contributed by atoms with Crippen molar-refractivity contribution < 1.29 is 14.3 Å². The monoisotopic (exact) mass is 581 g/mol. The maximum absolute atomic E-state index is 14.2. The Hall–Kier alpha value is -4.01. The second-order valence-electron chi connectivity index (χ2n) is 10.9. The van der Waals surface area contributed by atoms with Crippen LogP contribution in [0.2, 0.25) is 0 Å². The van der Waals surface area contributed by atoms with Crippen molar-refractivity contribution in [3.8, 4) is 0 Å². The van der Waals surface area contributed by atoms with Crippen molar-refractivity contribution in [2.75, 3.05) is 13.2 Å². The molecule has 0 aliphatic carbocycles. The lowest BCUT2D eigenvalue weighted by molar-refractivity contribution is -0.138. The Morgan fingerprint density at radius 2 is 1.88 bits per heavy atom. The molecule has 8 heteroatoms. The Bertz CT molecular complexity index is 1840. The van der Waals surface area contributed by atoms with E-state index in [4.69, 9.17) is 14.5 Å². The second-order valence-corrected chi connectivity index (χ2v) is 11.9. The van der Waals surface area contributed by atoms with Crippen LogP contribution in [0.4, 0.5) is 0 Å². The van der Waals surface area contributed by atoms with E-state index in [1.54, 1.807) is 11.5 Å². The largest absolute Gasteiger partial charge is 0.463 e. The average molecular weight is 582 g/mol. The topological polar surface area (TPSA) is 74.8 Å². The predicted octanol–water partition coefficient (Wildman–Crippen LogP) is 4.84. The minimum absolute atomic E-state index is 0.179. The molecule has 2 aliphatic heterocycles. The van der Waals surface area contributed by atoms with Gasteiger partial charge in [0.15, 0.2) is 4.80 Å². The lowest BCUT2D eigenvalue weighted by Crippen LogP contribution is -2.40. The van der Waals surface area contributed by atoms with Crippen molar-refractivity contribution in [2.24, 2.45) is 4.99 Å². The second kappa shape index (κ2) is 11.7. The number of esters is 1. The quantitative estimate of drug-likeness (QED) is 0.293. The van der Waals surface area contributed by atoms with Crippen molar-refractivity contribution in [2.45, 2.75) is 59.2 Å². The fraction of sp³-hybridized carbons (Fsp3) is 0.324. The van der Waals surface area contributed by atoms with E-state index in [1.165, 1.54) is 11.3 Å². The first kappa shape index (κ1) is 28.1. The smallest absolute Gasteiger partial charge is 0.338 e. The van der Waals surface area contributed by atoms with Crippen LogP contribution in [0, 0.1) is 20.8 Å². The summed E-state index contributed by atoms with van der Waals surface area (Å²) < 4.78 is 16.0. The van der Waals surface area contributed by atoms with Crippen molar-refractivity contribution in [1.29, 1.82) is 0 Å². The van der Waals surface area contributed by atoms with Crippen molar-refractivity contribution >= 4 is 29.1 Å². The number of carbonyl (C=O) groups is 1. The van der Waals surface area contributed by atoms with Gasteiger partial charge in [-0.15, -0.1) is 0 Å². The number of rotatable bonds is 7. The number of carbonyl (C=O) groups excluding carboxylic acids is 1. The third-order valence-corrected chi connectivity index (χ3v) is 9.06. The number of fused-ring (bicyclic) bond motifs is 1. The van der Waals surface area contributed by atoms with E-state index in [2.05, 4.69) is 24.5 Å². The molecule has 4 aromatic rings. The standard InChI is InChI=1S/C34H35N3O4S/c1-5-40-33(39)29-30(24-10-7-6-8-11-24)35-34-37(31(29)25-15-13-21(2)14-16-25)32(38)28(42-34)19-26-18-22(3)36(23(26)4)20-27-12-9-17-41-27/h6-8,10-11,13-16,18-19,27,31H,5,9,12,17,20H2,1-4H3/b28-19-/t27-,31-/m1/s1. The van der Waals surface area contributed by atoms with Gasteiger partial charge in [0.2, 0.25) is 0 Å². The number of aryl methyl sites for hydroxylation is 2. The first-order chi connectivity index (χ1) is 20.4. The van der Waals surface area contributed by atoms with Crippen LogP contribution in [-0.4, -0.2) is 34.4 Å². The number of thiazole rings is 1. The van der Waals surface area contributed by atoms with Gasteiger partial charge in [-0.3, -0.25) is 9.36 Å². The summed E-state index contributed by atoms with van der Waals surface area (Å²) in [6, 6.07) is 19.0. The van der Waals surface area contributed by atoms with Crippen LogP contribution in [0.25, 0.3) is 11.8 Å². The van der Waals surface area contributed by atoms with Crippen LogP contribution in [-0.2, 0) is 20.8 Å². The van der Waals surface area contributed by atoms with E-state index < -0.39 is 12.0 Å². The van der Waals surface area contributed by atoms with Gasteiger partial charge in [0.05, 0.1) is 34.6 Å². The molecule has 2 atom stereocenters. The summed E-state index contributed by atoms with van der Waals surface area (Å²) in [5, 5.41) is 0. The fourth-order valence-corrected chi connectivity index (χ4v) is 6.88. The minimum atomic E-state index is -0.676. The van der Waals surface area contributed by atoms with Crippen molar-refractivity contribution in [3.63, 3.8) is 0 Å². The summed E-state index contributed by atoms with van der Waals surface area (Å²) in [4.78, 5) is 33.3. The molecule has 2 aromatic heterocycles. The highest BCUT2D eigenvalue weighted by Crippen LogP contribution is 2.35. The van der Waals surface area contributed by atoms with Gasteiger partial charge in [-0.1, -0.05) is 71.5 Å². The van der Waals surface area contributed by atoms with Crippen LogP contribution < -0.4 is 14.9 Å². The molecule has 0 bridgehead atoms. The molecule has 0 N–H and O–H groups in total. The zero-order valence-corrected chi connectivity index (χ0v) is 25.2. The molecule has 0 amide bonds. The maximum atomic E-state index is 14.2. The third kappa shape index (κ3) is 5.21. The molecular weight excluding hydrogens is 546 g/mol. The van der Waals surface area contributed by atoms with Gasteiger partial charge < -0.3 is 14.0 Å². The zero-order valence-electron chi connectivity index (χ0n) is 24.4. The maximum Gasteiger partial charge on any atom is 0.338 e. The SMILES string of the molecule is CCOC(=O)C1=C(c2ccccc2)N=c2s/c(=C\c3cc(C)n(C[C@H]4CCCO4)c3C)c(=O)n2[C@@H]1c1ccc(C)cc1. The Balaban J connectivity index is 1.55. The van der Waals surface area contributed by atoms with Crippen LogP contribution >= 0.6 is 11.3 Å². The molecule has 2 aromatic carbocycles. The third-order valence-electron chi connectivity index (χ3n) is 8.08. The van der Waals surface area contributed by atoms with E-state index in [9.17, 15) is 9.59 Å². The van der Waals surface area contributed by atoms with Crippen LogP contribution in [0.1, 0.15) is 59.4 Å². The van der Waals surface area contributed by atoms with Gasteiger partial charge in [-0.25, -0.2) is 9.79 Å². The van der Waals surface area contributed by atoms with E-state index in [0.717, 1.165) is 59.6 Å². The highest BCUT2D eigenvalue weighted by Gasteiger charge is 2.35. The summed E-state index contributed by atoms with van der Waals surface area (Å²) >= 11 is 1.35. The molecule has 0 unspecified atom stereocenters. The Morgan fingerprint density at radius 3 is 2.57 bits per heavy atom. The highest BCUT2D eigenvalue weighted by atomic mass is 32.1. The van der Waals surface area contributed by atoms with Gasteiger partial charge in [0.25, 0.3) is 5.56 Å². The molecule has 1 fully saturated rings. The van der Waals surface area contributed by atoms with E-state index in [1.807, 2.05) is 67.6 Å². The number of hydrogen-bond donors (Lipinski definition) is 0. The first-order valence-corrected chi connectivity index (χ1v) is 15.3. The van der Waals surface area contributed by atoms with Gasteiger partial charge in [0.1, 0.15) is 0 Å². The molecule has 216 valence electrons. The number of hydrogen-bond acceptors (Lipinski definition) is 6. The van der Waals surface area contributed by atoms with Crippen molar-refractivity contribution in [3.05, 3.63) is 120 Å². The zero-order chi connectivity index (χ0) is 29.4. The minimum Gasteiger partial charge on any atom is -0.463 e. The molecule has 42 heavy (non-hydrogen) atoms. The predicted molar refractivity (Wildman–Crippen MR) is 165 cm³/mol. The van der Waals surface area contributed by atoms with Gasteiger partial charge in [-0.2, -0.15) is 0 Å². The van der Waals surface area contributed by atoms with Crippen LogP contribution in [0.15, 0.2) is 76.0 Å². The summed E-state index contributed by atoms with van der Waals surface area (Å²) in [5.41, 5.74) is 6.66. The Morgan fingerprint density at radius 1 is 1.12 bits per heavy atom. The lowest BCUT2D eigenvalue weighted by atomic mass is 9.92. The Kier molecular flexibility index (Phi) is 7.84. The molecule has 0 saturated carbocycles. The summed E-state index contributed by atoms with van der Waals surface area (Å²) in [5.74, 6) is -0.474. The number of benzene rings is 2. The van der Waals surface area contributed by atoms with Gasteiger partial charge in [0, 0.05) is 30.1 Å². The number of ether oxygens (including phenoxy) is 2. The lowest BCUT2D eigenvalue weighted by Gasteiger charge is -2.26. The van der Waals surface area contributed by atoms with Gasteiger partial charge in [-0.05, 0) is 63.8 Å². The average Bonchev–Trinajstić information content (AvgIpc) is 3.69. The Labute approximate surface area is 249 Å². The molecule has 2 aliphatic rings. The summed E-state index contributed by atoms with van der Waals surface area (Å²) in [6.45, 7) is 9.83. The van der Waals surface area contributed by atoms with Crippen LogP contribution in [0.5, 0.6) is 0 Å². The van der Waals surface area contributed by atoms with Crippen LogP contribution in [0.3, 0.4) is 0 Å².